The minimum atomic E-state index is 0. The first-order chi connectivity index (χ1) is 13.1. The van der Waals surface area contributed by atoms with E-state index in [0.717, 1.165) is 53.8 Å². The normalized spacial score (nSPS) is 10.9. The largest absolute Gasteiger partial charge is 0.493 e. The highest BCUT2D eigenvalue weighted by Crippen LogP contribution is 2.28. The van der Waals surface area contributed by atoms with Crippen molar-refractivity contribution in [2.24, 2.45) is 0 Å². The van der Waals surface area contributed by atoms with Crippen LogP contribution in [0.3, 0.4) is 0 Å². The molecule has 2 aromatic rings. The maximum atomic E-state index is 5.35. The number of halogens is 2. The second kappa shape index (κ2) is 14.2. The lowest BCUT2D eigenvalue weighted by atomic mass is 10.1. The summed E-state index contributed by atoms with van der Waals surface area (Å²) in [6.07, 6.45) is 0. The molecule has 0 aliphatic heterocycles. The molecule has 0 amide bonds. The summed E-state index contributed by atoms with van der Waals surface area (Å²) in [7, 11) is 6.58. The number of ether oxygens (including phenoxy) is 4. The quantitative estimate of drug-likeness (QED) is 0.546. The molecule has 0 aromatic heterocycles. The Bertz CT molecular complexity index is 732. The molecule has 2 rings (SSSR count). The first-order valence-corrected chi connectivity index (χ1v) is 8.97. The fourth-order valence-corrected chi connectivity index (χ4v) is 2.78. The van der Waals surface area contributed by atoms with Crippen molar-refractivity contribution in [2.75, 3.05) is 35.0 Å². The Morgan fingerprint density at radius 1 is 0.690 bits per heavy atom. The van der Waals surface area contributed by atoms with E-state index in [-0.39, 0.29) is 24.8 Å². The monoisotopic (exact) mass is 446 g/mol. The maximum Gasteiger partial charge on any atom is 0.161 e. The Morgan fingerprint density at radius 2 is 1.14 bits per heavy atom. The molecule has 0 spiro atoms. The highest BCUT2D eigenvalue weighted by atomic mass is 35.5. The second-order valence-corrected chi connectivity index (χ2v) is 6.29. The lowest BCUT2D eigenvalue weighted by Gasteiger charge is -2.16. The molecule has 0 aliphatic rings. The van der Waals surface area contributed by atoms with Crippen LogP contribution in [-0.2, 0) is 13.1 Å². The van der Waals surface area contributed by atoms with Crippen molar-refractivity contribution in [1.82, 2.24) is 10.6 Å². The number of hydrogen-bond donors (Lipinski definition) is 2. The molecule has 2 aromatic carbocycles. The molecule has 0 radical (unpaired) electrons. The summed E-state index contributed by atoms with van der Waals surface area (Å²) < 4.78 is 21.2. The third-order valence-electron chi connectivity index (χ3n) is 4.33. The van der Waals surface area contributed by atoms with E-state index in [1.54, 1.807) is 28.4 Å². The van der Waals surface area contributed by atoms with E-state index in [9.17, 15) is 0 Å². The molecular formula is C21H32Cl2N2O4. The van der Waals surface area contributed by atoms with Gasteiger partial charge >= 0.3 is 0 Å². The van der Waals surface area contributed by atoms with Crippen LogP contribution in [0, 0.1) is 0 Å². The molecule has 6 nitrogen and oxygen atoms in total. The van der Waals surface area contributed by atoms with Gasteiger partial charge in [-0.1, -0.05) is 12.1 Å². The summed E-state index contributed by atoms with van der Waals surface area (Å²) in [5, 5.41) is 6.97. The zero-order chi connectivity index (χ0) is 19.6. The van der Waals surface area contributed by atoms with Crippen LogP contribution in [-0.4, -0.2) is 41.0 Å². The Morgan fingerprint density at radius 3 is 1.59 bits per heavy atom. The van der Waals surface area contributed by atoms with Gasteiger partial charge in [-0.2, -0.15) is 0 Å². The van der Waals surface area contributed by atoms with Gasteiger partial charge in [-0.05, 0) is 42.3 Å². The number of methoxy groups -OCH3 is 4. The van der Waals surface area contributed by atoms with Gasteiger partial charge in [-0.25, -0.2) is 0 Å². The van der Waals surface area contributed by atoms with Crippen LogP contribution in [0.1, 0.15) is 18.1 Å². The van der Waals surface area contributed by atoms with Gasteiger partial charge in [0.05, 0.1) is 28.4 Å². The summed E-state index contributed by atoms with van der Waals surface area (Å²) in [6, 6.07) is 12.2. The molecule has 0 saturated heterocycles. The molecule has 8 heteroatoms. The van der Waals surface area contributed by atoms with Gasteiger partial charge in [0, 0.05) is 25.7 Å². The Balaban J connectivity index is 0.00000392. The molecule has 0 heterocycles. The molecule has 0 saturated carbocycles. The molecule has 164 valence electrons. The number of benzene rings is 2. The fraction of sp³-hybridized carbons (Fsp3) is 0.429. The van der Waals surface area contributed by atoms with E-state index in [1.165, 1.54) is 0 Å². The summed E-state index contributed by atoms with van der Waals surface area (Å²) in [4.78, 5) is 0. The van der Waals surface area contributed by atoms with Crippen LogP contribution in [0.4, 0.5) is 0 Å². The summed E-state index contributed by atoms with van der Waals surface area (Å²) in [5.74, 6) is 2.98. The van der Waals surface area contributed by atoms with Gasteiger partial charge in [-0.15, -0.1) is 24.8 Å². The Hall–Kier alpha value is -1.86. The highest BCUT2D eigenvalue weighted by molar-refractivity contribution is 5.85. The average molecular weight is 447 g/mol. The topological polar surface area (TPSA) is 61.0 Å². The van der Waals surface area contributed by atoms with Crippen molar-refractivity contribution < 1.29 is 18.9 Å². The summed E-state index contributed by atoms with van der Waals surface area (Å²) in [6.45, 7) is 4.53. The van der Waals surface area contributed by atoms with Crippen molar-refractivity contribution in [1.29, 1.82) is 0 Å². The number of nitrogens with one attached hydrogen (secondary N) is 2. The molecule has 0 fully saturated rings. The van der Waals surface area contributed by atoms with Crippen LogP contribution in [0.2, 0.25) is 0 Å². The molecule has 1 atom stereocenters. The summed E-state index contributed by atoms with van der Waals surface area (Å²) in [5.41, 5.74) is 2.30. The molecule has 0 bridgehead atoms. The van der Waals surface area contributed by atoms with Gasteiger partial charge < -0.3 is 29.6 Å². The smallest absolute Gasteiger partial charge is 0.161 e. The third kappa shape index (κ3) is 8.19. The van der Waals surface area contributed by atoms with Gasteiger partial charge in [0.2, 0.25) is 0 Å². The predicted octanol–water partition coefficient (Wildman–Crippen LogP) is 3.83. The average Bonchev–Trinajstić information content (AvgIpc) is 2.71. The second-order valence-electron chi connectivity index (χ2n) is 6.29. The molecular weight excluding hydrogens is 415 g/mol. The molecule has 1 unspecified atom stereocenters. The van der Waals surface area contributed by atoms with Crippen molar-refractivity contribution in [3.8, 4) is 23.0 Å². The van der Waals surface area contributed by atoms with Gasteiger partial charge in [0.25, 0.3) is 0 Å². The highest BCUT2D eigenvalue weighted by Gasteiger charge is 2.07. The summed E-state index contributed by atoms with van der Waals surface area (Å²) >= 11 is 0. The SMILES string of the molecule is COc1ccc(CNCC(C)NCc2ccc(OC)c(OC)c2)cc1OC.Cl.Cl. The van der Waals surface area contributed by atoms with Crippen LogP contribution >= 0.6 is 24.8 Å². The van der Waals surface area contributed by atoms with Gasteiger partial charge in [0.1, 0.15) is 0 Å². The van der Waals surface area contributed by atoms with Crippen LogP contribution in [0.15, 0.2) is 36.4 Å². The lowest BCUT2D eigenvalue weighted by molar-refractivity contribution is 0.354. The van der Waals surface area contributed by atoms with Crippen LogP contribution in [0.25, 0.3) is 0 Å². The fourth-order valence-electron chi connectivity index (χ4n) is 2.78. The Kier molecular flexibility index (Phi) is 13.3. The van der Waals surface area contributed by atoms with E-state index in [0.29, 0.717) is 6.04 Å². The van der Waals surface area contributed by atoms with E-state index in [4.69, 9.17) is 18.9 Å². The van der Waals surface area contributed by atoms with Crippen molar-refractivity contribution in [2.45, 2.75) is 26.1 Å². The standard InChI is InChI=1S/C21H30N2O4.2ClH/c1-15(23-14-17-7-9-19(25-3)21(11-17)27-5)12-22-13-16-6-8-18(24-2)20(10-16)26-4;;/h6-11,15,22-23H,12-14H2,1-5H3;2*1H. The first-order valence-electron chi connectivity index (χ1n) is 8.97. The van der Waals surface area contributed by atoms with Crippen LogP contribution in [0.5, 0.6) is 23.0 Å². The number of rotatable bonds is 11. The van der Waals surface area contributed by atoms with E-state index in [1.807, 2.05) is 36.4 Å². The maximum absolute atomic E-state index is 5.35. The lowest BCUT2D eigenvalue weighted by Crippen LogP contribution is -2.35. The minimum Gasteiger partial charge on any atom is -0.493 e. The van der Waals surface area contributed by atoms with Crippen LogP contribution < -0.4 is 29.6 Å². The zero-order valence-electron chi connectivity index (χ0n) is 17.6. The number of hydrogen-bond acceptors (Lipinski definition) is 6. The molecule has 29 heavy (non-hydrogen) atoms. The third-order valence-corrected chi connectivity index (χ3v) is 4.33. The van der Waals surface area contributed by atoms with E-state index < -0.39 is 0 Å². The van der Waals surface area contributed by atoms with Crippen molar-refractivity contribution in [3.05, 3.63) is 47.5 Å². The predicted molar refractivity (Wildman–Crippen MR) is 122 cm³/mol. The minimum absolute atomic E-state index is 0. The van der Waals surface area contributed by atoms with E-state index >= 15 is 0 Å². The van der Waals surface area contributed by atoms with E-state index in [2.05, 4.69) is 17.6 Å². The van der Waals surface area contributed by atoms with Crippen molar-refractivity contribution >= 4 is 24.8 Å². The Labute approximate surface area is 186 Å². The van der Waals surface area contributed by atoms with Gasteiger partial charge in [0.15, 0.2) is 23.0 Å². The molecule has 0 aliphatic carbocycles. The first kappa shape index (κ1) is 27.1. The van der Waals surface area contributed by atoms with Crippen molar-refractivity contribution in [3.63, 3.8) is 0 Å². The zero-order valence-corrected chi connectivity index (χ0v) is 19.2. The molecule has 2 N–H and O–H groups in total. The van der Waals surface area contributed by atoms with Gasteiger partial charge in [-0.3, -0.25) is 0 Å².